The molecule has 0 rings (SSSR count). The molecule has 0 saturated heterocycles. The molecule has 0 aromatic rings. The van der Waals surface area contributed by atoms with Crippen molar-refractivity contribution in [3.05, 3.63) is 0 Å². The fourth-order valence-corrected chi connectivity index (χ4v) is 2.85. The minimum Gasteiger partial charge on any atom is -0.354 e. The molecule has 0 spiro atoms. The van der Waals surface area contributed by atoms with Crippen LogP contribution in [-0.2, 0) is 9.59 Å². The first-order valence-electron chi connectivity index (χ1n) is 7.87. The van der Waals surface area contributed by atoms with Gasteiger partial charge >= 0.3 is 0 Å². The molecule has 0 atom stereocenters. The summed E-state index contributed by atoms with van der Waals surface area (Å²) in [6.45, 7) is 9.16. The fourth-order valence-electron chi connectivity index (χ4n) is 1.54. The van der Waals surface area contributed by atoms with E-state index in [0.29, 0.717) is 29.8 Å². The van der Waals surface area contributed by atoms with Gasteiger partial charge in [0.2, 0.25) is 11.8 Å². The predicted molar refractivity (Wildman–Crippen MR) is 98.7 cm³/mol. The van der Waals surface area contributed by atoms with E-state index in [0.717, 1.165) is 25.3 Å². The first-order chi connectivity index (χ1) is 10.5. The maximum absolute atomic E-state index is 11.5. The Hall–Kier alpha value is -0.400. The van der Waals surface area contributed by atoms with Gasteiger partial charge in [-0.3, -0.25) is 9.59 Å². The van der Waals surface area contributed by atoms with Crippen LogP contribution in [-0.4, -0.2) is 72.4 Å². The number of carbonyl (C=O) groups excluding carboxylic acids is 2. The zero-order valence-electron chi connectivity index (χ0n) is 14.3. The number of hydrogen-bond acceptors (Lipinski definition) is 5. The van der Waals surface area contributed by atoms with Crippen LogP contribution in [0.5, 0.6) is 0 Å². The van der Waals surface area contributed by atoms with Crippen molar-refractivity contribution in [1.29, 1.82) is 0 Å². The molecule has 2 N–H and O–H groups in total. The van der Waals surface area contributed by atoms with Crippen molar-refractivity contribution in [3.8, 4) is 0 Å². The number of thioether (sulfide) groups is 2. The van der Waals surface area contributed by atoms with E-state index in [2.05, 4.69) is 36.3 Å². The Balaban J connectivity index is 3.51. The molecule has 0 aliphatic carbocycles. The van der Waals surface area contributed by atoms with Gasteiger partial charge in [0.05, 0.1) is 11.5 Å². The third-order valence-electron chi connectivity index (χ3n) is 2.76. The molecule has 0 aliphatic heterocycles. The van der Waals surface area contributed by atoms with E-state index in [-0.39, 0.29) is 11.8 Å². The first-order valence-corrected chi connectivity index (χ1v) is 10.1. The average Bonchev–Trinajstić information content (AvgIpc) is 2.45. The van der Waals surface area contributed by atoms with Crippen LogP contribution in [0.25, 0.3) is 0 Å². The van der Waals surface area contributed by atoms with Crippen LogP contribution < -0.4 is 10.6 Å². The van der Waals surface area contributed by atoms with Gasteiger partial charge in [0.25, 0.3) is 0 Å². The van der Waals surface area contributed by atoms with Crippen LogP contribution in [0, 0.1) is 0 Å². The standard InChI is InChI=1S/C15H31N3O2S2/c1-5-10-21-11-14(19)16-6-8-18(4)9-7-17-15(20)12-22-13(2)3/h13H,5-12H2,1-4H3,(H,16,19)(H,17,20). The van der Waals surface area contributed by atoms with Gasteiger partial charge in [0.15, 0.2) is 0 Å². The van der Waals surface area contributed by atoms with E-state index in [1.165, 1.54) is 0 Å². The molecule has 0 bridgehead atoms. The largest absolute Gasteiger partial charge is 0.354 e. The molecule has 5 nitrogen and oxygen atoms in total. The minimum atomic E-state index is 0.0911. The number of carbonyl (C=O) groups is 2. The monoisotopic (exact) mass is 349 g/mol. The highest BCUT2D eigenvalue weighted by Gasteiger charge is 2.05. The molecule has 0 radical (unpaired) electrons. The summed E-state index contributed by atoms with van der Waals surface area (Å²) in [5.74, 6) is 2.29. The highest BCUT2D eigenvalue weighted by atomic mass is 32.2. The van der Waals surface area contributed by atoms with Gasteiger partial charge in [0.1, 0.15) is 0 Å². The molecule has 0 aromatic heterocycles. The van der Waals surface area contributed by atoms with Crippen LogP contribution in [0.1, 0.15) is 27.2 Å². The Morgan fingerprint density at radius 3 is 2.09 bits per heavy atom. The molecule has 7 heteroatoms. The molecule has 0 heterocycles. The summed E-state index contributed by atoms with van der Waals surface area (Å²) in [7, 11) is 1.99. The van der Waals surface area contributed by atoms with Gasteiger partial charge < -0.3 is 15.5 Å². The Morgan fingerprint density at radius 1 is 1.05 bits per heavy atom. The lowest BCUT2D eigenvalue weighted by Crippen LogP contribution is -2.38. The van der Waals surface area contributed by atoms with Gasteiger partial charge in [-0.15, -0.1) is 11.8 Å². The summed E-state index contributed by atoms with van der Waals surface area (Å²) in [6.07, 6.45) is 1.10. The van der Waals surface area contributed by atoms with Crippen molar-refractivity contribution in [2.24, 2.45) is 0 Å². The summed E-state index contributed by atoms with van der Waals surface area (Å²) in [6, 6.07) is 0. The van der Waals surface area contributed by atoms with Gasteiger partial charge in [0, 0.05) is 26.2 Å². The number of amides is 2. The summed E-state index contributed by atoms with van der Waals surface area (Å²) >= 11 is 3.32. The molecule has 22 heavy (non-hydrogen) atoms. The number of hydrogen-bond donors (Lipinski definition) is 2. The van der Waals surface area contributed by atoms with Gasteiger partial charge in [-0.25, -0.2) is 0 Å². The summed E-state index contributed by atoms with van der Waals surface area (Å²) < 4.78 is 0. The van der Waals surface area contributed by atoms with Crippen molar-refractivity contribution >= 4 is 35.3 Å². The molecule has 2 amide bonds. The molecule has 130 valence electrons. The molecule has 0 fully saturated rings. The van der Waals surface area contributed by atoms with Crippen LogP contribution in [0.4, 0.5) is 0 Å². The van der Waals surface area contributed by atoms with Crippen molar-refractivity contribution < 1.29 is 9.59 Å². The molecule has 0 unspecified atom stereocenters. The molecule has 0 aliphatic rings. The van der Waals surface area contributed by atoms with Crippen LogP contribution in [0.2, 0.25) is 0 Å². The minimum absolute atomic E-state index is 0.0911. The van der Waals surface area contributed by atoms with Crippen LogP contribution in [0.15, 0.2) is 0 Å². The van der Waals surface area contributed by atoms with Crippen LogP contribution in [0.3, 0.4) is 0 Å². The second-order valence-corrected chi connectivity index (χ2v) is 8.09. The van der Waals surface area contributed by atoms with E-state index in [1.807, 2.05) is 7.05 Å². The maximum atomic E-state index is 11.5. The third-order valence-corrected chi connectivity index (χ3v) is 5.02. The highest BCUT2D eigenvalue weighted by Crippen LogP contribution is 2.07. The van der Waals surface area contributed by atoms with Gasteiger partial charge in [-0.1, -0.05) is 20.8 Å². The Bertz CT molecular complexity index is 315. The number of nitrogens with one attached hydrogen (secondary N) is 2. The Kier molecular flexibility index (Phi) is 14.0. The van der Waals surface area contributed by atoms with Crippen LogP contribution >= 0.6 is 23.5 Å². The maximum Gasteiger partial charge on any atom is 0.230 e. The average molecular weight is 350 g/mol. The van der Waals surface area contributed by atoms with E-state index in [9.17, 15) is 9.59 Å². The molecule has 0 aromatic carbocycles. The second-order valence-electron chi connectivity index (χ2n) is 5.42. The van der Waals surface area contributed by atoms with Gasteiger partial charge in [-0.2, -0.15) is 11.8 Å². The summed E-state index contributed by atoms with van der Waals surface area (Å²) in [5, 5.41) is 6.30. The number of nitrogens with zero attached hydrogens (tertiary/aromatic N) is 1. The van der Waals surface area contributed by atoms with Crippen molar-refractivity contribution in [2.45, 2.75) is 32.4 Å². The Morgan fingerprint density at radius 2 is 1.59 bits per heavy atom. The lowest BCUT2D eigenvalue weighted by molar-refractivity contribution is -0.119. The zero-order chi connectivity index (χ0) is 16.8. The lowest BCUT2D eigenvalue weighted by Gasteiger charge is -2.17. The van der Waals surface area contributed by atoms with Crippen molar-refractivity contribution in [1.82, 2.24) is 15.5 Å². The van der Waals surface area contributed by atoms with E-state index >= 15 is 0 Å². The fraction of sp³-hybridized carbons (Fsp3) is 0.867. The third kappa shape index (κ3) is 14.5. The topological polar surface area (TPSA) is 61.4 Å². The van der Waals surface area contributed by atoms with E-state index < -0.39 is 0 Å². The van der Waals surface area contributed by atoms with Crippen molar-refractivity contribution in [3.63, 3.8) is 0 Å². The van der Waals surface area contributed by atoms with Crippen molar-refractivity contribution in [2.75, 3.05) is 50.5 Å². The number of rotatable bonds is 13. The van der Waals surface area contributed by atoms with E-state index in [4.69, 9.17) is 0 Å². The van der Waals surface area contributed by atoms with E-state index in [1.54, 1.807) is 23.5 Å². The zero-order valence-corrected chi connectivity index (χ0v) is 15.9. The SMILES string of the molecule is CCCSCC(=O)NCCN(C)CCNC(=O)CSC(C)C. The second kappa shape index (κ2) is 14.2. The lowest BCUT2D eigenvalue weighted by atomic mass is 10.4. The normalized spacial score (nSPS) is 11.0. The highest BCUT2D eigenvalue weighted by molar-refractivity contribution is 8.00. The molecular formula is C15H31N3O2S2. The molecule has 0 saturated carbocycles. The first kappa shape index (κ1) is 21.6. The number of likely N-dealkylation sites (N-methyl/N-ethyl adjacent to an activating group) is 1. The Labute approximate surface area is 143 Å². The summed E-state index contributed by atoms with van der Waals surface area (Å²) in [4.78, 5) is 25.2. The quantitative estimate of drug-likeness (QED) is 0.493. The van der Waals surface area contributed by atoms with Gasteiger partial charge in [-0.05, 0) is 24.5 Å². The predicted octanol–water partition coefficient (Wildman–Crippen LogP) is 1.44. The molecular weight excluding hydrogens is 318 g/mol. The summed E-state index contributed by atoms with van der Waals surface area (Å²) in [5.41, 5.74) is 0. The smallest absolute Gasteiger partial charge is 0.230 e.